The first-order valence-corrected chi connectivity index (χ1v) is 11.1. The monoisotopic (exact) mass is 580 g/mol. The number of aliphatic hydroxyl groups excluding tert-OH is 4. The van der Waals surface area contributed by atoms with Crippen molar-refractivity contribution in [3.05, 3.63) is 58.7 Å². The van der Waals surface area contributed by atoms with Crippen molar-refractivity contribution in [3.63, 3.8) is 0 Å². The standard InChI is InChI=1S/C24H32N2O10.CH4.Fe/c27-11-15-2-4-21(31)18(5-15)8-26(10-24(35)36)20(14-30)19(13-29)25(9-23(33)34)7-17-3-1-16(12-28)6-22(17)32;;/h1-6,19-20,27-32H,7-14H2,(H,33,34)(H,35,36);1H4;/t19-,20?;;/m1../s1. The molecule has 2 aromatic rings. The fourth-order valence-corrected chi connectivity index (χ4v) is 4.03. The van der Waals surface area contributed by atoms with E-state index >= 15 is 0 Å². The van der Waals surface area contributed by atoms with Crippen LogP contribution in [0.3, 0.4) is 0 Å². The molecule has 0 saturated carbocycles. The quantitative estimate of drug-likeness (QED) is 0.130. The summed E-state index contributed by atoms with van der Waals surface area (Å²) >= 11 is 0. The van der Waals surface area contributed by atoms with Crippen LogP contribution in [0.2, 0.25) is 0 Å². The average Bonchev–Trinajstić information content (AvgIpc) is 2.83. The Morgan fingerprint density at radius 1 is 0.684 bits per heavy atom. The topological polar surface area (TPSA) is 202 Å². The fraction of sp³-hybridized carbons (Fsp3) is 0.440. The van der Waals surface area contributed by atoms with Crippen LogP contribution in [0.25, 0.3) is 0 Å². The van der Waals surface area contributed by atoms with Crippen molar-refractivity contribution >= 4 is 11.9 Å². The largest absolute Gasteiger partial charge is 0.508 e. The fourth-order valence-electron chi connectivity index (χ4n) is 4.03. The number of phenolic OH excluding ortho intramolecular Hbond substituents is 2. The number of aromatic hydroxyl groups is 2. The molecular weight excluding hydrogens is 544 g/mol. The molecule has 0 radical (unpaired) electrons. The molecule has 214 valence electrons. The first-order valence-electron chi connectivity index (χ1n) is 11.1. The minimum absolute atomic E-state index is 0. The smallest absolute Gasteiger partial charge is 0.317 e. The molecule has 0 spiro atoms. The number of nitrogens with zero attached hydrogens (tertiary/aromatic N) is 2. The van der Waals surface area contributed by atoms with E-state index in [1.165, 1.54) is 40.1 Å². The molecule has 13 heteroatoms. The molecule has 0 fully saturated rings. The second-order valence-corrected chi connectivity index (χ2v) is 8.34. The van der Waals surface area contributed by atoms with Crippen molar-refractivity contribution < 1.29 is 67.5 Å². The molecular formula is C25H36FeN2O10. The number of carbonyl (C=O) groups is 2. The maximum Gasteiger partial charge on any atom is 0.317 e. The van der Waals surface area contributed by atoms with Gasteiger partial charge in [0.2, 0.25) is 0 Å². The number of carboxylic acid groups (broad SMARTS) is 2. The van der Waals surface area contributed by atoms with Crippen LogP contribution in [-0.4, -0.2) is 101 Å². The van der Waals surface area contributed by atoms with Gasteiger partial charge in [0, 0.05) is 41.3 Å². The molecule has 0 aromatic heterocycles. The van der Waals surface area contributed by atoms with Gasteiger partial charge in [-0.05, 0) is 29.3 Å². The average molecular weight is 580 g/mol. The number of hydrogen-bond acceptors (Lipinski definition) is 10. The van der Waals surface area contributed by atoms with Crippen LogP contribution < -0.4 is 0 Å². The Morgan fingerprint density at radius 3 is 1.55 bits per heavy atom. The zero-order valence-corrected chi connectivity index (χ0v) is 21.0. The maximum absolute atomic E-state index is 11.6. The predicted molar refractivity (Wildman–Crippen MR) is 133 cm³/mol. The summed E-state index contributed by atoms with van der Waals surface area (Å²) in [6.45, 7) is -3.52. The molecule has 1 unspecified atom stereocenters. The first-order chi connectivity index (χ1) is 17.1. The van der Waals surface area contributed by atoms with Crippen LogP contribution in [0.1, 0.15) is 29.7 Å². The second kappa shape index (κ2) is 17.0. The number of benzene rings is 2. The third kappa shape index (κ3) is 9.86. The van der Waals surface area contributed by atoms with Crippen molar-refractivity contribution in [3.8, 4) is 11.5 Å². The summed E-state index contributed by atoms with van der Waals surface area (Å²) in [5.74, 6) is -2.89. The molecule has 0 aliphatic rings. The Bertz CT molecular complexity index is 1040. The molecule has 0 amide bonds. The third-order valence-electron chi connectivity index (χ3n) is 5.84. The van der Waals surface area contributed by atoms with E-state index < -0.39 is 50.3 Å². The van der Waals surface area contributed by atoms with Gasteiger partial charge in [-0.2, -0.15) is 0 Å². The van der Waals surface area contributed by atoms with E-state index in [-0.39, 0.29) is 67.9 Å². The molecule has 12 nitrogen and oxygen atoms in total. The van der Waals surface area contributed by atoms with E-state index in [2.05, 4.69) is 0 Å². The molecule has 0 aliphatic heterocycles. The van der Waals surface area contributed by atoms with Crippen LogP contribution in [-0.2, 0) is 53.0 Å². The van der Waals surface area contributed by atoms with Crippen LogP contribution in [0.5, 0.6) is 11.5 Å². The van der Waals surface area contributed by atoms with Crippen molar-refractivity contribution in [1.82, 2.24) is 9.80 Å². The van der Waals surface area contributed by atoms with E-state index in [9.17, 15) is 50.4 Å². The van der Waals surface area contributed by atoms with E-state index in [1.807, 2.05) is 0 Å². The van der Waals surface area contributed by atoms with Crippen molar-refractivity contribution in [2.75, 3.05) is 26.3 Å². The SMILES string of the molecule is C.O=C(O)CN(Cc1cc(CO)ccc1O)C(CO)[C@@H](CO)N(CC(=O)O)Cc1ccc(CO)cc1O.[Fe]. The molecule has 8 N–H and O–H groups in total. The van der Waals surface area contributed by atoms with Gasteiger partial charge >= 0.3 is 11.9 Å². The summed E-state index contributed by atoms with van der Waals surface area (Å²) < 4.78 is 0. The Morgan fingerprint density at radius 2 is 1.13 bits per heavy atom. The number of phenols is 2. The van der Waals surface area contributed by atoms with E-state index in [4.69, 9.17) is 0 Å². The maximum atomic E-state index is 11.6. The molecule has 0 bridgehead atoms. The molecule has 2 atom stereocenters. The molecule has 0 aliphatic carbocycles. The Kier molecular flexibility index (Phi) is 15.7. The van der Waals surface area contributed by atoms with Gasteiger partial charge in [-0.1, -0.05) is 25.6 Å². The van der Waals surface area contributed by atoms with Crippen LogP contribution in [0.15, 0.2) is 36.4 Å². The van der Waals surface area contributed by atoms with Crippen molar-refractivity contribution in [1.29, 1.82) is 0 Å². The molecule has 2 rings (SSSR count). The third-order valence-corrected chi connectivity index (χ3v) is 5.84. The first kappa shape index (κ1) is 35.3. The van der Waals surface area contributed by atoms with Crippen LogP contribution >= 0.6 is 0 Å². The number of aliphatic hydroxyl groups is 4. The van der Waals surface area contributed by atoms with Gasteiger partial charge in [0.15, 0.2) is 0 Å². The Labute approximate surface area is 231 Å². The molecule has 38 heavy (non-hydrogen) atoms. The molecule has 0 saturated heterocycles. The molecule has 2 aromatic carbocycles. The number of aliphatic carboxylic acids is 2. The predicted octanol–water partition coefficient (Wildman–Crippen LogP) is -0.0888. The van der Waals surface area contributed by atoms with Gasteiger partial charge < -0.3 is 40.9 Å². The summed E-state index contributed by atoms with van der Waals surface area (Å²) in [6.07, 6.45) is 0. The van der Waals surface area contributed by atoms with E-state index in [0.717, 1.165) is 0 Å². The van der Waals surface area contributed by atoms with Crippen molar-refractivity contribution in [2.24, 2.45) is 0 Å². The van der Waals surface area contributed by atoms with E-state index in [0.29, 0.717) is 16.7 Å². The number of hydrogen-bond donors (Lipinski definition) is 8. The van der Waals surface area contributed by atoms with Gasteiger partial charge in [0.05, 0.1) is 51.6 Å². The zero-order valence-electron chi connectivity index (χ0n) is 19.9. The van der Waals surface area contributed by atoms with Gasteiger partial charge in [-0.25, -0.2) is 0 Å². The summed E-state index contributed by atoms with van der Waals surface area (Å²) in [5.41, 5.74) is 1.46. The second-order valence-electron chi connectivity index (χ2n) is 8.34. The molecule has 0 heterocycles. The Balaban J connectivity index is 0.00000684. The Hall–Kier alpha value is -2.74. The number of carboxylic acids is 2. The number of rotatable bonds is 15. The van der Waals surface area contributed by atoms with Gasteiger partial charge in [-0.3, -0.25) is 19.4 Å². The minimum Gasteiger partial charge on any atom is -0.508 e. The minimum atomic E-state index is -1.26. The van der Waals surface area contributed by atoms with E-state index in [1.54, 1.807) is 6.07 Å². The summed E-state index contributed by atoms with van der Waals surface area (Å²) in [7, 11) is 0. The van der Waals surface area contributed by atoms with Gasteiger partial charge in [0.1, 0.15) is 11.5 Å². The normalized spacial score (nSPS) is 12.5. The van der Waals surface area contributed by atoms with Gasteiger partial charge in [-0.15, -0.1) is 0 Å². The van der Waals surface area contributed by atoms with Crippen molar-refractivity contribution in [2.45, 2.75) is 45.8 Å². The summed E-state index contributed by atoms with van der Waals surface area (Å²) in [6, 6.07) is 6.47. The van der Waals surface area contributed by atoms with Gasteiger partial charge in [0.25, 0.3) is 0 Å². The summed E-state index contributed by atoms with van der Waals surface area (Å²) in [5, 5.41) is 78.7. The van der Waals surface area contributed by atoms with Crippen LogP contribution in [0.4, 0.5) is 0 Å². The summed E-state index contributed by atoms with van der Waals surface area (Å²) in [4.78, 5) is 25.8. The van der Waals surface area contributed by atoms with Crippen LogP contribution in [0, 0.1) is 0 Å². The zero-order chi connectivity index (χ0) is 26.8.